The third kappa shape index (κ3) is 5.56. The van der Waals surface area contributed by atoms with Crippen molar-refractivity contribution in [3.05, 3.63) is 0 Å². The van der Waals surface area contributed by atoms with Crippen molar-refractivity contribution in [1.82, 2.24) is 5.32 Å². The van der Waals surface area contributed by atoms with E-state index in [0.717, 1.165) is 0 Å². The quantitative estimate of drug-likeness (QED) is 0.636. The molecule has 0 aliphatic rings. The first-order chi connectivity index (χ1) is 3.72. The molecule has 0 aliphatic heterocycles. The largest absolute Gasteiger partial charge is 0.480 e. The second-order valence-electron chi connectivity index (χ2n) is 1.59. The number of rotatable bonds is 3. The van der Waals surface area contributed by atoms with Crippen molar-refractivity contribution in [2.24, 2.45) is 0 Å². The van der Waals surface area contributed by atoms with Crippen LogP contribution in [-0.2, 0) is 4.79 Å². The highest BCUT2D eigenvalue weighted by atomic mass is 16.4. The van der Waals surface area contributed by atoms with Crippen molar-refractivity contribution in [2.45, 2.75) is 34.2 Å². The molecule has 0 spiro atoms. The van der Waals surface area contributed by atoms with Crippen LogP contribution in [0.5, 0.6) is 0 Å². The Hall–Kier alpha value is -0.570. The summed E-state index contributed by atoms with van der Waals surface area (Å²) in [6.45, 7) is 1.83. The predicted octanol–water partition coefficient (Wildman–Crippen LogP) is 1.34. The molecule has 64 valence electrons. The molecule has 10 heavy (non-hydrogen) atoms. The number of likely N-dealkylation sites (N-methyl/N-ethyl adjacent to an activating group) is 1. The maximum Gasteiger partial charge on any atom is 0.320 e. The maximum absolute atomic E-state index is 10.1. The molecule has 1 atom stereocenters. The van der Waals surface area contributed by atoms with Gasteiger partial charge in [-0.1, -0.05) is 21.8 Å². The summed E-state index contributed by atoms with van der Waals surface area (Å²) < 4.78 is 0. The minimum Gasteiger partial charge on any atom is -0.480 e. The van der Waals surface area contributed by atoms with E-state index >= 15 is 0 Å². The van der Waals surface area contributed by atoms with Crippen molar-refractivity contribution < 1.29 is 9.90 Å². The minimum absolute atomic E-state index is 0. The smallest absolute Gasteiger partial charge is 0.320 e. The second kappa shape index (κ2) is 8.43. The number of hydrogen-bond acceptors (Lipinski definition) is 2. The molecule has 3 heteroatoms. The zero-order valence-electron chi connectivity index (χ0n) is 5.14. The van der Waals surface area contributed by atoms with E-state index in [-0.39, 0.29) is 20.9 Å². The Kier molecular flexibility index (Phi) is 13.7. The van der Waals surface area contributed by atoms with E-state index in [1.54, 1.807) is 7.05 Å². The van der Waals surface area contributed by atoms with Gasteiger partial charge in [-0.05, 0) is 13.5 Å². The number of hydrogen-bond donors (Lipinski definition) is 2. The average molecular weight is 149 g/mol. The van der Waals surface area contributed by atoms with Gasteiger partial charge in [0.2, 0.25) is 0 Å². The molecule has 0 saturated heterocycles. The SMILES string of the molecule is C.C.CCC(NC)C(=O)O. The molecule has 0 aliphatic carbocycles. The molecule has 1 unspecified atom stereocenters. The van der Waals surface area contributed by atoms with Gasteiger partial charge in [-0.3, -0.25) is 4.79 Å². The highest BCUT2D eigenvalue weighted by molar-refractivity contribution is 5.73. The van der Waals surface area contributed by atoms with Gasteiger partial charge in [-0.25, -0.2) is 0 Å². The topological polar surface area (TPSA) is 49.3 Å². The van der Waals surface area contributed by atoms with Crippen LogP contribution >= 0.6 is 0 Å². The van der Waals surface area contributed by atoms with Crippen LogP contribution in [0.4, 0.5) is 0 Å². The average Bonchev–Trinajstić information content (AvgIpc) is 1.69. The van der Waals surface area contributed by atoms with E-state index in [4.69, 9.17) is 5.11 Å². The van der Waals surface area contributed by atoms with Crippen LogP contribution in [0.25, 0.3) is 0 Å². The first-order valence-electron chi connectivity index (χ1n) is 2.62. The fraction of sp³-hybridized carbons (Fsp3) is 0.857. The summed E-state index contributed by atoms with van der Waals surface area (Å²) in [5, 5.41) is 11.0. The monoisotopic (exact) mass is 149 g/mol. The summed E-state index contributed by atoms with van der Waals surface area (Å²) in [6.07, 6.45) is 0.631. The van der Waals surface area contributed by atoms with Crippen LogP contribution in [0.15, 0.2) is 0 Å². The summed E-state index contributed by atoms with van der Waals surface area (Å²) in [5.41, 5.74) is 0. The van der Waals surface area contributed by atoms with Gasteiger partial charge in [0.1, 0.15) is 6.04 Å². The highest BCUT2D eigenvalue weighted by Gasteiger charge is 2.09. The van der Waals surface area contributed by atoms with Gasteiger partial charge in [0.15, 0.2) is 0 Å². The normalized spacial score (nSPS) is 10.6. The third-order valence-corrected chi connectivity index (χ3v) is 1.05. The van der Waals surface area contributed by atoms with Crippen molar-refractivity contribution in [2.75, 3.05) is 7.05 Å². The third-order valence-electron chi connectivity index (χ3n) is 1.05. The number of carbonyl (C=O) groups is 1. The summed E-state index contributed by atoms with van der Waals surface area (Å²) >= 11 is 0. The van der Waals surface area contributed by atoms with Gasteiger partial charge >= 0.3 is 5.97 Å². The van der Waals surface area contributed by atoms with Crippen LogP contribution in [0.3, 0.4) is 0 Å². The van der Waals surface area contributed by atoms with Gasteiger partial charge < -0.3 is 10.4 Å². The molecule has 0 saturated carbocycles. The van der Waals surface area contributed by atoms with Gasteiger partial charge in [0, 0.05) is 0 Å². The Balaban J connectivity index is -0.000000245. The fourth-order valence-corrected chi connectivity index (χ4v) is 0.502. The maximum atomic E-state index is 10.1. The fourth-order valence-electron chi connectivity index (χ4n) is 0.502. The minimum atomic E-state index is -0.782. The van der Waals surface area contributed by atoms with Crippen LogP contribution in [0.2, 0.25) is 0 Å². The molecule has 0 aromatic heterocycles. The molecule has 0 rings (SSSR count). The standard InChI is InChI=1S/C5H11NO2.2CH4/c1-3-4(6-2)5(7)8;;/h4,6H,3H2,1-2H3,(H,7,8);2*1H4. The lowest BCUT2D eigenvalue weighted by molar-refractivity contribution is -0.139. The Morgan fingerprint density at radius 2 is 2.00 bits per heavy atom. The van der Waals surface area contributed by atoms with E-state index in [9.17, 15) is 4.79 Å². The van der Waals surface area contributed by atoms with Crippen molar-refractivity contribution >= 4 is 5.97 Å². The zero-order chi connectivity index (χ0) is 6.57. The van der Waals surface area contributed by atoms with Gasteiger partial charge in [0.25, 0.3) is 0 Å². The van der Waals surface area contributed by atoms with E-state index in [2.05, 4.69) is 5.32 Å². The Labute approximate surface area is 63.4 Å². The first-order valence-corrected chi connectivity index (χ1v) is 2.62. The van der Waals surface area contributed by atoms with Gasteiger partial charge in [-0.15, -0.1) is 0 Å². The highest BCUT2D eigenvalue weighted by Crippen LogP contribution is 1.86. The molecule has 0 bridgehead atoms. The molecule has 3 nitrogen and oxygen atoms in total. The zero-order valence-corrected chi connectivity index (χ0v) is 5.14. The lowest BCUT2D eigenvalue weighted by Gasteiger charge is -2.05. The summed E-state index contributed by atoms with van der Waals surface area (Å²) in [5.74, 6) is -0.782. The summed E-state index contributed by atoms with van der Waals surface area (Å²) in [4.78, 5) is 10.1. The molecule has 2 N–H and O–H groups in total. The molecule has 0 aromatic rings. The van der Waals surface area contributed by atoms with E-state index < -0.39 is 5.97 Å². The molecule has 0 amide bonds. The van der Waals surface area contributed by atoms with Crippen LogP contribution < -0.4 is 5.32 Å². The second-order valence-corrected chi connectivity index (χ2v) is 1.59. The van der Waals surface area contributed by atoms with Crippen molar-refractivity contribution in [1.29, 1.82) is 0 Å². The summed E-state index contributed by atoms with van der Waals surface area (Å²) in [6, 6.07) is -0.380. The van der Waals surface area contributed by atoms with Crippen LogP contribution in [-0.4, -0.2) is 24.2 Å². The lowest BCUT2D eigenvalue weighted by Crippen LogP contribution is -2.32. The number of carboxylic acid groups (broad SMARTS) is 1. The lowest BCUT2D eigenvalue weighted by atomic mass is 10.2. The predicted molar refractivity (Wildman–Crippen MR) is 44.2 cm³/mol. The van der Waals surface area contributed by atoms with Gasteiger partial charge in [0.05, 0.1) is 0 Å². The van der Waals surface area contributed by atoms with E-state index in [0.29, 0.717) is 6.42 Å². The van der Waals surface area contributed by atoms with Crippen molar-refractivity contribution in [3.63, 3.8) is 0 Å². The molecular formula is C7H19NO2. The van der Waals surface area contributed by atoms with Crippen LogP contribution in [0.1, 0.15) is 28.2 Å². The van der Waals surface area contributed by atoms with E-state index in [1.165, 1.54) is 0 Å². The molecular weight excluding hydrogens is 130 g/mol. The molecule has 0 radical (unpaired) electrons. The number of nitrogens with one attached hydrogen (secondary N) is 1. The van der Waals surface area contributed by atoms with Crippen LogP contribution in [0, 0.1) is 0 Å². The molecule has 0 aromatic carbocycles. The molecule has 0 fully saturated rings. The molecule has 0 heterocycles. The summed E-state index contributed by atoms with van der Waals surface area (Å²) in [7, 11) is 1.64. The van der Waals surface area contributed by atoms with Gasteiger partial charge in [-0.2, -0.15) is 0 Å². The van der Waals surface area contributed by atoms with E-state index in [1.807, 2.05) is 6.92 Å². The number of aliphatic carboxylic acids is 1. The first kappa shape index (κ1) is 16.2. The Morgan fingerprint density at radius 3 is 2.00 bits per heavy atom. The Morgan fingerprint density at radius 1 is 1.60 bits per heavy atom. The number of carboxylic acids is 1. The van der Waals surface area contributed by atoms with Crippen molar-refractivity contribution in [3.8, 4) is 0 Å². The Bertz CT molecular complexity index is 79.7.